The number of aromatic nitrogens is 3. The van der Waals surface area contributed by atoms with E-state index in [2.05, 4.69) is 10.1 Å². The van der Waals surface area contributed by atoms with Crippen molar-refractivity contribution in [3.63, 3.8) is 0 Å². The number of amides is 1. The summed E-state index contributed by atoms with van der Waals surface area (Å²) in [7, 11) is 0. The third-order valence-corrected chi connectivity index (χ3v) is 4.85. The highest BCUT2D eigenvalue weighted by atomic mass is 16.3. The maximum Gasteiger partial charge on any atom is 0.274 e. The summed E-state index contributed by atoms with van der Waals surface area (Å²) in [6, 6.07) is 3.63. The number of carbonyl (C=O) groups excluding carboxylic acids is 1. The number of likely N-dealkylation sites (tertiary alicyclic amines) is 1. The smallest absolute Gasteiger partial charge is 0.274 e. The third-order valence-electron chi connectivity index (χ3n) is 4.85. The number of carbonyl (C=O) groups is 1. The van der Waals surface area contributed by atoms with E-state index >= 15 is 0 Å². The van der Waals surface area contributed by atoms with Crippen LogP contribution < -0.4 is 0 Å². The Balaban J connectivity index is 1.69. The van der Waals surface area contributed by atoms with Gasteiger partial charge in [0.15, 0.2) is 11.3 Å². The third kappa shape index (κ3) is 2.01. The topological polar surface area (TPSA) is 70.7 Å². The number of hydrogen-bond donors (Lipinski definition) is 1. The maximum atomic E-state index is 12.8. The molecular weight excluding hydrogens is 280 g/mol. The van der Waals surface area contributed by atoms with Crippen LogP contribution in [-0.4, -0.2) is 48.7 Å². The van der Waals surface area contributed by atoms with Crippen molar-refractivity contribution in [2.24, 2.45) is 0 Å². The molecule has 0 bridgehead atoms. The van der Waals surface area contributed by atoms with Gasteiger partial charge in [0.05, 0.1) is 11.6 Å². The Hall–Kier alpha value is -1.95. The molecule has 3 heterocycles. The molecule has 2 fully saturated rings. The lowest BCUT2D eigenvalue weighted by Gasteiger charge is -2.28. The molecule has 0 radical (unpaired) electrons. The van der Waals surface area contributed by atoms with E-state index in [0.717, 1.165) is 37.1 Å². The SMILES string of the molecule is Cc1cc(C)n2nc(C(=O)N3CCCC3C3(O)CC3)cc2n1. The number of rotatable bonds is 2. The van der Waals surface area contributed by atoms with Crippen LogP contribution in [0.2, 0.25) is 0 Å². The molecule has 1 aliphatic heterocycles. The quantitative estimate of drug-likeness (QED) is 0.912. The van der Waals surface area contributed by atoms with Crippen molar-refractivity contribution in [2.75, 3.05) is 6.54 Å². The molecule has 1 unspecified atom stereocenters. The Morgan fingerprint density at radius 1 is 1.36 bits per heavy atom. The molecule has 2 aliphatic rings. The Labute approximate surface area is 128 Å². The van der Waals surface area contributed by atoms with Gasteiger partial charge in [0, 0.05) is 24.0 Å². The summed E-state index contributed by atoms with van der Waals surface area (Å²) in [5.74, 6) is -0.0922. The monoisotopic (exact) mass is 300 g/mol. The zero-order valence-corrected chi connectivity index (χ0v) is 12.9. The zero-order chi connectivity index (χ0) is 15.5. The number of hydrogen-bond acceptors (Lipinski definition) is 4. The molecule has 1 saturated heterocycles. The molecule has 1 aliphatic carbocycles. The normalized spacial score (nSPS) is 23.2. The minimum Gasteiger partial charge on any atom is -0.388 e. The molecule has 22 heavy (non-hydrogen) atoms. The highest BCUT2D eigenvalue weighted by molar-refractivity contribution is 5.94. The second-order valence-corrected chi connectivity index (χ2v) is 6.60. The maximum absolute atomic E-state index is 12.8. The second kappa shape index (κ2) is 4.52. The van der Waals surface area contributed by atoms with Crippen LogP contribution in [0.15, 0.2) is 12.1 Å². The molecule has 2 aromatic rings. The summed E-state index contributed by atoms with van der Waals surface area (Å²) in [5.41, 5.74) is 2.32. The first-order chi connectivity index (χ1) is 10.5. The van der Waals surface area contributed by atoms with E-state index in [9.17, 15) is 9.90 Å². The van der Waals surface area contributed by atoms with Crippen molar-refractivity contribution in [2.45, 2.75) is 51.2 Å². The van der Waals surface area contributed by atoms with Gasteiger partial charge in [-0.2, -0.15) is 5.10 Å². The molecule has 1 saturated carbocycles. The lowest BCUT2D eigenvalue weighted by atomic mass is 10.1. The first kappa shape index (κ1) is 13.7. The van der Waals surface area contributed by atoms with Crippen LogP contribution in [0, 0.1) is 13.8 Å². The minimum atomic E-state index is -0.657. The van der Waals surface area contributed by atoms with E-state index in [-0.39, 0.29) is 11.9 Å². The molecule has 6 nitrogen and oxygen atoms in total. The molecule has 6 heteroatoms. The fraction of sp³-hybridized carbons (Fsp3) is 0.562. The summed E-state index contributed by atoms with van der Waals surface area (Å²) in [6.07, 6.45) is 3.42. The van der Waals surface area contributed by atoms with E-state index in [0.29, 0.717) is 17.9 Å². The van der Waals surface area contributed by atoms with E-state index in [1.165, 1.54) is 0 Å². The number of aryl methyl sites for hydroxylation is 2. The molecule has 1 amide bonds. The van der Waals surface area contributed by atoms with E-state index < -0.39 is 5.60 Å². The predicted molar refractivity (Wildman–Crippen MR) is 80.7 cm³/mol. The van der Waals surface area contributed by atoms with Crippen LogP contribution in [0.3, 0.4) is 0 Å². The van der Waals surface area contributed by atoms with Gasteiger partial charge in [0.25, 0.3) is 5.91 Å². The van der Waals surface area contributed by atoms with Crippen LogP contribution >= 0.6 is 0 Å². The molecule has 0 spiro atoms. The van der Waals surface area contributed by atoms with Gasteiger partial charge in [0.2, 0.25) is 0 Å². The van der Waals surface area contributed by atoms with Crippen molar-refractivity contribution in [1.29, 1.82) is 0 Å². The van der Waals surface area contributed by atoms with Gasteiger partial charge in [0.1, 0.15) is 0 Å². The molecule has 116 valence electrons. The number of aliphatic hydroxyl groups is 1. The van der Waals surface area contributed by atoms with Crippen molar-refractivity contribution in [3.8, 4) is 0 Å². The molecule has 1 N–H and O–H groups in total. The largest absolute Gasteiger partial charge is 0.388 e. The van der Waals surface area contributed by atoms with Crippen molar-refractivity contribution >= 4 is 11.6 Å². The molecule has 1 atom stereocenters. The van der Waals surface area contributed by atoms with Crippen molar-refractivity contribution in [1.82, 2.24) is 19.5 Å². The van der Waals surface area contributed by atoms with Crippen molar-refractivity contribution in [3.05, 3.63) is 29.2 Å². The lowest BCUT2D eigenvalue weighted by Crippen LogP contribution is -2.44. The zero-order valence-electron chi connectivity index (χ0n) is 12.9. The van der Waals surface area contributed by atoms with Crippen LogP contribution in [-0.2, 0) is 0 Å². The van der Waals surface area contributed by atoms with Gasteiger partial charge in [-0.3, -0.25) is 4.79 Å². The number of fused-ring (bicyclic) bond motifs is 1. The number of nitrogens with zero attached hydrogens (tertiary/aromatic N) is 4. The van der Waals surface area contributed by atoms with Gasteiger partial charge in [-0.05, 0) is 45.6 Å². The predicted octanol–water partition coefficient (Wildman–Crippen LogP) is 1.48. The Bertz CT molecular complexity index is 763. The molecule has 2 aromatic heterocycles. The summed E-state index contributed by atoms with van der Waals surface area (Å²) in [4.78, 5) is 19.0. The first-order valence-corrected chi connectivity index (χ1v) is 7.85. The summed E-state index contributed by atoms with van der Waals surface area (Å²) >= 11 is 0. The lowest BCUT2D eigenvalue weighted by molar-refractivity contribution is 0.0382. The van der Waals surface area contributed by atoms with Crippen LogP contribution in [0.1, 0.15) is 47.6 Å². The fourth-order valence-corrected chi connectivity index (χ4v) is 3.57. The average Bonchev–Trinajstić information content (AvgIpc) is 2.94. The van der Waals surface area contributed by atoms with Crippen molar-refractivity contribution < 1.29 is 9.90 Å². The first-order valence-electron chi connectivity index (χ1n) is 7.85. The van der Waals surface area contributed by atoms with Gasteiger partial charge in [-0.15, -0.1) is 0 Å². The van der Waals surface area contributed by atoms with Gasteiger partial charge >= 0.3 is 0 Å². The molecule has 0 aromatic carbocycles. The average molecular weight is 300 g/mol. The molecular formula is C16H20N4O2. The Kier molecular flexibility index (Phi) is 2.81. The standard InChI is InChI=1S/C16H20N4O2/c1-10-8-11(2)20-14(17-10)9-12(18-20)15(21)19-7-3-4-13(19)16(22)5-6-16/h8-9,13,22H,3-7H2,1-2H3. The summed E-state index contributed by atoms with van der Waals surface area (Å²) in [5, 5.41) is 14.8. The van der Waals surface area contributed by atoms with Gasteiger partial charge in [-0.1, -0.05) is 0 Å². The second-order valence-electron chi connectivity index (χ2n) is 6.60. The van der Waals surface area contributed by atoms with E-state index in [1.807, 2.05) is 19.9 Å². The van der Waals surface area contributed by atoms with E-state index in [1.54, 1.807) is 15.5 Å². The van der Waals surface area contributed by atoms with Crippen LogP contribution in [0.4, 0.5) is 0 Å². The van der Waals surface area contributed by atoms with Gasteiger partial charge < -0.3 is 10.0 Å². The van der Waals surface area contributed by atoms with Gasteiger partial charge in [-0.25, -0.2) is 9.50 Å². The fourth-order valence-electron chi connectivity index (χ4n) is 3.57. The van der Waals surface area contributed by atoms with Crippen LogP contribution in [0.25, 0.3) is 5.65 Å². The summed E-state index contributed by atoms with van der Waals surface area (Å²) in [6.45, 7) is 4.58. The highest BCUT2D eigenvalue weighted by Gasteiger charge is 2.52. The summed E-state index contributed by atoms with van der Waals surface area (Å²) < 4.78 is 1.71. The van der Waals surface area contributed by atoms with E-state index in [4.69, 9.17) is 0 Å². The highest BCUT2D eigenvalue weighted by Crippen LogP contribution is 2.44. The molecule has 4 rings (SSSR count). The van der Waals surface area contributed by atoms with Crippen LogP contribution in [0.5, 0.6) is 0 Å². The Morgan fingerprint density at radius 3 is 2.86 bits per heavy atom. The Morgan fingerprint density at radius 2 is 2.14 bits per heavy atom. The minimum absolute atomic E-state index is 0.0550.